The number of carbonyl (C=O) groups is 1. The van der Waals surface area contributed by atoms with Gasteiger partial charge in [-0.1, -0.05) is 37.5 Å². The summed E-state index contributed by atoms with van der Waals surface area (Å²) in [7, 11) is 1.41. The highest BCUT2D eigenvalue weighted by Crippen LogP contribution is 2.13. The number of esters is 1. The van der Waals surface area contributed by atoms with E-state index in [-0.39, 0.29) is 5.97 Å². The minimum atomic E-state index is -0.259. The first kappa shape index (κ1) is 16.9. The third-order valence-electron chi connectivity index (χ3n) is 2.95. The van der Waals surface area contributed by atoms with Gasteiger partial charge in [-0.15, -0.1) is 0 Å². The molecule has 0 fully saturated rings. The molecule has 2 nitrogen and oxygen atoms in total. The Labute approximate surface area is 112 Å². The van der Waals surface area contributed by atoms with Gasteiger partial charge in [-0.2, -0.15) is 0 Å². The van der Waals surface area contributed by atoms with E-state index in [2.05, 4.69) is 31.6 Å². The molecule has 104 valence electrons. The predicted octanol–water partition coefficient (Wildman–Crippen LogP) is 4.66. The van der Waals surface area contributed by atoms with Gasteiger partial charge in [0.2, 0.25) is 0 Å². The van der Waals surface area contributed by atoms with Crippen molar-refractivity contribution in [3.8, 4) is 0 Å². The largest absolute Gasteiger partial charge is 0.466 e. The van der Waals surface area contributed by atoms with Crippen molar-refractivity contribution in [2.75, 3.05) is 7.11 Å². The zero-order valence-electron chi connectivity index (χ0n) is 12.6. The maximum absolute atomic E-state index is 11.0. The van der Waals surface area contributed by atoms with Crippen molar-refractivity contribution in [1.29, 1.82) is 0 Å². The molecule has 0 unspecified atom stereocenters. The topological polar surface area (TPSA) is 26.3 Å². The second kappa shape index (κ2) is 9.93. The highest BCUT2D eigenvalue weighted by Gasteiger charge is 1.97. The molecule has 0 aliphatic carbocycles. The van der Waals surface area contributed by atoms with Gasteiger partial charge in [-0.05, 0) is 45.4 Å². The summed E-state index contributed by atoms with van der Waals surface area (Å²) in [5.41, 5.74) is 2.54. The Kier molecular flexibility index (Phi) is 9.35. The van der Waals surface area contributed by atoms with Crippen LogP contribution in [0.25, 0.3) is 0 Å². The summed E-state index contributed by atoms with van der Waals surface area (Å²) in [5, 5.41) is 0. The molecule has 0 amide bonds. The molecule has 0 heterocycles. The van der Waals surface area contributed by atoms with E-state index >= 15 is 0 Å². The van der Waals surface area contributed by atoms with E-state index in [1.54, 1.807) is 6.08 Å². The van der Waals surface area contributed by atoms with Gasteiger partial charge in [-0.3, -0.25) is 0 Å². The molecule has 0 spiro atoms. The van der Waals surface area contributed by atoms with Crippen molar-refractivity contribution < 1.29 is 9.53 Å². The molecule has 0 aromatic heterocycles. The molecule has 0 saturated carbocycles. The van der Waals surface area contributed by atoms with E-state index < -0.39 is 0 Å². The number of hydrogen-bond acceptors (Lipinski definition) is 2. The van der Waals surface area contributed by atoms with Crippen LogP contribution < -0.4 is 0 Å². The van der Waals surface area contributed by atoms with Crippen LogP contribution >= 0.6 is 0 Å². The minimum Gasteiger partial charge on any atom is -0.466 e. The van der Waals surface area contributed by atoms with Crippen molar-refractivity contribution in [1.82, 2.24) is 0 Å². The van der Waals surface area contributed by atoms with Gasteiger partial charge in [0, 0.05) is 6.08 Å². The maximum atomic E-state index is 11.0. The first-order valence-corrected chi connectivity index (χ1v) is 6.86. The van der Waals surface area contributed by atoms with E-state index in [4.69, 9.17) is 0 Å². The van der Waals surface area contributed by atoms with Gasteiger partial charge in [0.1, 0.15) is 0 Å². The smallest absolute Gasteiger partial charge is 0.330 e. The molecule has 0 saturated heterocycles. The minimum absolute atomic E-state index is 0.259. The Morgan fingerprint density at radius 1 is 1.17 bits per heavy atom. The van der Waals surface area contributed by atoms with Gasteiger partial charge >= 0.3 is 5.97 Å². The normalized spacial score (nSPS) is 13.0. The zero-order chi connectivity index (χ0) is 14.0. The molecule has 0 aromatic carbocycles. The molecule has 2 heteroatoms. The van der Waals surface area contributed by atoms with E-state index in [0.717, 1.165) is 24.3 Å². The SMILES string of the molecule is COC(=O)C=C(C)CC/C=C(\C)CCCC(C)C. The van der Waals surface area contributed by atoms with Gasteiger partial charge in [0.25, 0.3) is 0 Å². The average molecular weight is 252 g/mol. The lowest BCUT2D eigenvalue weighted by Crippen LogP contribution is -1.95. The van der Waals surface area contributed by atoms with Crippen LogP contribution in [0.2, 0.25) is 0 Å². The molecule has 0 rings (SSSR count). The summed E-state index contributed by atoms with van der Waals surface area (Å²) in [6.45, 7) is 8.69. The monoisotopic (exact) mass is 252 g/mol. The fraction of sp³-hybridized carbons (Fsp3) is 0.688. The second-order valence-corrected chi connectivity index (χ2v) is 5.39. The molecular formula is C16H28O2. The zero-order valence-corrected chi connectivity index (χ0v) is 12.6. The number of hydrogen-bond donors (Lipinski definition) is 0. The van der Waals surface area contributed by atoms with E-state index in [1.807, 2.05) is 6.92 Å². The lowest BCUT2D eigenvalue weighted by atomic mass is 10.0. The molecule has 0 atom stereocenters. The number of ether oxygens (including phenoxy) is 1. The van der Waals surface area contributed by atoms with E-state index in [0.29, 0.717) is 0 Å². The lowest BCUT2D eigenvalue weighted by molar-refractivity contribution is -0.134. The first-order valence-electron chi connectivity index (χ1n) is 6.86. The van der Waals surface area contributed by atoms with Crippen molar-refractivity contribution >= 4 is 5.97 Å². The molecule has 18 heavy (non-hydrogen) atoms. The summed E-state index contributed by atoms with van der Waals surface area (Å²) in [6, 6.07) is 0. The van der Waals surface area contributed by atoms with Gasteiger partial charge in [0.05, 0.1) is 7.11 Å². The van der Waals surface area contributed by atoms with Crippen LogP contribution in [0.15, 0.2) is 23.3 Å². The third-order valence-corrected chi connectivity index (χ3v) is 2.95. The van der Waals surface area contributed by atoms with Crippen LogP contribution in [0.4, 0.5) is 0 Å². The van der Waals surface area contributed by atoms with Crippen LogP contribution in [-0.4, -0.2) is 13.1 Å². The average Bonchev–Trinajstić information content (AvgIpc) is 2.28. The van der Waals surface area contributed by atoms with Crippen LogP contribution in [0.3, 0.4) is 0 Å². The Bertz CT molecular complexity index is 298. The van der Waals surface area contributed by atoms with Crippen LogP contribution in [-0.2, 0) is 9.53 Å². The van der Waals surface area contributed by atoms with Crippen LogP contribution in [0, 0.1) is 5.92 Å². The van der Waals surface area contributed by atoms with Crippen LogP contribution in [0.1, 0.15) is 59.8 Å². The summed E-state index contributed by atoms with van der Waals surface area (Å²) in [6.07, 6.45) is 9.56. The summed E-state index contributed by atoms with van der Waals surface area (Å²) >= 11 is 0. The number of methoxy groups -OCH3 is 1. The Morgan fingerprint density at radius 3 is 2.39 bits per heavy atom. The summed E-state index contributed by atoms with van der Waals surface area (Å²) in [5.74, 6) is 0.535. The third kappa shape index (κ3) is 10.1. The van der Waals surface area contributed by atoms with E-state index in [1.165, 1.54) is 31.9 Å². The fourth-order valence-corrected chi connectivity index (χ4v) is 1.77. The van der Waals surface area contributed by atoms with Crippen molar-refractivity contribution in [2.24, 2.45) is 5.92 Å². The van der Waals surface area contributed by atoms with Crippen molar-refractivity contribution in [3.05, 3.63) is 23.3 Å². The molecule has 0 aromatic rings. The number of allylic oxidation sites excluding steroid dienone is 3. The Hall–Kier alpha value is -1.05. The fourth-order valence-electron chi connectivity index (χ4n) is 1.77. The summed E-state index contributed by atoms with van der Waals surface area (Å²) in [4.78, 5) is 11.0. The highest BCUT2D eigenvalue weighted by molar-refractivity contribution is 5.82. The molecule has 0 N–H and O–H groups in total. The highest BCUT2D eigenvalue weighted by atomic mass is 16.5. The molecule has 0 bridgehead atoms. The second-order valence-electron chi connectivity index (χ2n) is 5.39. The predicted molar refractivity (Wildman–Crippen MR) is 77.5 cm³/mol. The van der Waals surface area contributed by atoms with Gasteiger partial charge in [0.15, 0.2) is 0 Å². The maximum Gasteiger partial charge on any atom is 0.330 e. The molecular weight excluding hydrogens is 224 g/mol. The quantitative estimate of drug-likeness (QED) is 0.357. The lowest BCUT2D eigenvalue weighted by Gasteiger charge is -2.05. The first-order chi connectivity index (χ1) is 8.45. The summed E-state index contributed by atoms with van der Waals surface area (Å²) < 4.78 is 4.59. The van der Waals surface area contributed by atoms with Crippen molar-refractivity contribution in [2.45, 2.75) is 59.8 Å². The van der Waals surface area contributed by atoms with Crippen molar-refractivity contribution in [3.63, 3.8) is 0 Å². The number of carbonyl (C=O) groups excluding carboxylic acids is 1. The molecule has 0 aliphatic heterocycles. The Morgan fingerprint density at radius 2 is 1.83 bits per heavy atom. The molecule has 0 aliphatic rings. The standard InChI is InChI=1S/C16H28O2/c1-13(2)8-6-9-14(3)10-7-11-15(4)12-16(17)18-5/h10,12-13H,6-9,11H2,1-5H3/b14-10+,15-12?. The van der Waals surface area contributed by atoms with E-state index in [9.17, 15) is 4.79 Å². The van der Waals surface area contributed by atoms with Crippen LogP contribution in [0.5, 0.6) is 0 Å². The molecule has 0 radical (unpaired) electrons. The van der Waals surface area contributed by atoms with Gasteiger partial charge in [-0.25, -0.2) is 4.79 Å². The number of rotatable bonds is 8. The van der Waals surface area contributed by atoms with Gasteiger partial charge < -0.3 is 4.74 Å². The Balaban J connectivity index is 3.86.